The Labute approximate surface area is 124 Å². The van der Waals surface area contributed by atoms with Gasteiger partial charge in [0, 0.05) is 23.6 Å². The molecular formula is C16H22FNOS. The van der Waals surface area contributed by atoms with E-state index in [-0.39, 0.29) is 17.5 Å². The van der Waals surface area contributed by atoms with Crippen molar-refractivity contribution >= 4 is 11.8 Å². The van der Waals surface area contributed by atoms with Gasteiger partial charge in [-0.25, -0.2) is 4.39 Å². The van der Waals surface area contributed by atoms with E-state index in [1.54, 1.807) is 12.1 Å². The van der Waals surface area contributed by atoms with E-state index in [0.29, 0.717) is 6.04 Å². The summed E-state index contributed by atoms with van der Waals surface area (Å²) in [5, 5.41) is 3.74. The molecule has 1 fully saturated rings. The van der Waals surface area contributed by atoms with E-state index in [9.17, 15) is 4.39 Å². The lowest BCUT2D eigenvalue weighted by atomic mass is 9.92. The second-order valence-electron chi connectivity index (χ2n) is 6.34. The summed E-state index contributed by atoms with van der Waals surface area (Å²) < 4.78 is 19.3. The number of hydrogen-bond acceptors (Lipinski definition) is 3. The molecule has 4 heteroatoms. The summed E-state index contributed by atoms with van der Waals surface area (Å²) in [6, 6.07) is 5.91. The third-order valence-corrected chi connectivity index (χ3v) is 5.27. The van der Waals surface area contributed by atoms with Gasteiger partial charge in [0.25, 0.3) is 0 Å². The van der Waals surface area contributed by atoms with Crippen LogP contribution in [-0.2, 0) is 4.74 Å². The number of benzene rings is 1. The molecule has 2 nitrogen and oxygen atoms in total. The molecule has 0 radical (unpaired) electrons. The highest BCUT2D eigenvalue weighted by molar-refractivity contribution is 7.99. The molecule has 0 aliphatic carbocycles. The molecule has 0 bridgehead atoms. The highest BCUT2D eigenvalue weighted by Crippen LogP contribution is 2.37. The first kappa shape index (κ1) is 14.4. The van der Waals surface area contributed by atoms with Crippen LogP contribution in [0.2, 0.25) is 0 Å². The fourth-order valence-corrected chi connectivity index (χ4v) is 4.30. The van der Waals surface area contributed by atoms with Gasteiger partial charge in [-0.05, 0) is 62.6 Å². The molecular weight excluding hydrogens is 273 g/mol. The molecule has 110 valence electrons. The molecule has 0 spiro atoms. The first-order valence-corrected chi connectivity index (χ1v) is 8.34. The van der Waals surface area contributed by atoms with E-state index in [2.05, 4.69) is 19.2 Å². The van der Waals surface area contributed by atoms with Gasteiger partial charge in [0.1, 0.15) is 5.82 Å². The van der Waals surface area contributed by atoms with Crippen molar-refractivity contribution in [2.24, 2.45) is 0 Å². The van der Waals surface area contributed by atoms with E-state index in [0.717, 1.165) is 37.2 Å². The Morgan fingerprint density at radius 3 is 3.00 bits per heavy atom. The smallest absolute Gasteiger partial charge is 0.123 e. The zero-order valence-electron chi connectivity index (χ0n) is 12.1. The van der Waals surface area contributed by atoms with E-state index < -0.39 is 0 Å². The van der Waals surface area contributed by atoms with Crippen molar-refractivity contribution in [3.8, 4) is 0 Å². The Bertz CT molecular complexity index is 491. The molecule has 0 amide bonds. The van der Waals surface area contributed by atoms with Crippen LogP contribution in [0.4, 0.5) is 4.39 Å². The van der Waals surface area contributed by atoms with Crippen LogP contribution in [0.15, 0.2) is 23.1 Å². The fourth-order valence-electron chi connectivity index (χ4n) is 3.20. The van der Waals surface area contributed by atoms with Crippen LogP contribution in [0, 0.1) is 5.82 Å². The molecule has 2 unspecified atom stereocenters. The number of halogens is 1. The maximum atomic E-state index is 13.5. The minimum atomic E-state index is -0.134. The minimum Gasteiger partial charge on any atom is -0.375 e. The summed E-state index contributed by atoms with van der Waals surface area (Å²) in [5.41, 5.74) is 1.08. The predicted octanol–water partition coefficient (Wildman–Crippen LogP) is 3.91. The monoisotopic (exact) mass is 295 g/mol. The number of rotatable bonds is 2. The molecule has 2 aliphatic heterocycles. The lowest BCUT2D eigenvalue weighted by Gasteiger charge is -2.38. The predicted molar refractivity (Wildman–Crippen MR) is 80.7 cm³/mol. The van der Waals surface area contributed by atoms with Gasteiger partial charge in [0.15, 0.2) is 0 Å². The Hall–Kier alpha value is -0.580. The van der Waals surface area contributed by atoms with Crippen molar-refractivity contribution in [1.29, 1.82) is 0 Å². The SMILES string of the molecule is CC1(C)CC(NC2CCSc3ccc(F)cc32)CCO1. The van der Waals surface area contributed by atoms with Crippen LogP contribution in [0.3, 0.4) is 0 Å². The lowest BCUT2D eigenvalue weighted by Crippen LogP contribution is -2.45. The molecule has 0 aromatic heterocycles. The second-order valence-corrected chi connectivity index (χ2v) is 7.47. The summed E-state index contributed by atoms with van der Waals surface area (Å²) in [4.78, 5) is 1.22. The van der Waals surface area contributed by atoms with Crippen LogP contribution in [0.25, 0.3) is 0 Å². The fraction of sp³-hybridized carbons (Fsp3) is 0.625. The van der Waals surface area contributed by atoms with Crippen molar-refractivity contribution in [2.45, 2.75) is 55.7 Å². The van der Waals surface area contributed by atoms with E-state index in [1.165, 1.54) is 4.90 Å². The summed E-state index contributed by atoms with van der Waals surface area (Å²) in [7, 11) is 0. The summed E-state index contributed by atoms with van der Waals surface area (Å²) in [5.74, 6) is 0.966. The average molecular weight is 295 g/mol. The topological polar surface area (TPSA) is 21.3 Å². The first-order valence-electron chi connectivity index (χ1n) is 7.36. The molecule has 0 saturated carbocycles. The van der Waals surface area contributed by atoms with Gasteiger partial charge in [-0.1, -0.05) is 0 Å². The zero-order chi connectivity index (χ0) is 14.2. The van der Waals surface area contributed by atoms with Crippen molar-refractivity contribution in [2.75, 3.05) is 12.4 Å². The van der Waals surface area contributed by atoms with Gasteiger partial charge in [0.2, 0.25) is 0 Å². The highest BCUT2D eigenvalue weighted by atomic mass is 32.2. The largest absolute Gasteiger partial charge is 0.375 e. The maximum absolute atomic E-state index is 13.5. The number of thioether (sulfide) groups is 1. The van der Waals surface area contributed by atoms with Gasteiger partial charge in [-0.2, -0.15) is 0 Å². The number of nitrogens with one attached hydrogen (secondary N) is 1. The molecule has 1 N–H and O–H groups in total. The van der Waals surface area contributed by atoms with Crippen LogP contribution in [0.5, 0.6) is 0 Å². The van der Waals surface area contributed by atoms with Crippen LogP contribution < -0.4 is 5.32 Å². The maximum Gasteiger partial charge on any atom is 0.123 e. The molecule has 20 heavy (non-hydrogen) atoms. The minimum absolute atomic E-state index is 0.0515. The third kappa shape index (κ3) is 3.18. The average Bonchev–Trinajstić information content (AvgIpc) is 2.38. The Balaban J connectivity index is 1.74. The molecule has 3 rings (SSSR count). The Morgan fingerprint density at radius 1 is 1.35 bits per heavy atom. The van der Waals surface area contributed by atoms with E-state index in [1.807, 2.05) is 17.8 Å². The number of fused-ring (bicyclic) bond motifs is 1. The van der Waals surface area contributed by atoms with E-state index in [4.69, 9.17) is 4.74 Å². The lowest BCUT2D eigenvalue weighted by molar-refractivity contribution is -0.0643. The normalized spacial score (nSPS) is 28.9. The van der Waals surface area contributed by atoms with Gasteiger partial charge >= 0.3 is 0 Å². The molecule has 1 aromatic carbocycles. The second kappa shape index (κ2) is 5.66. The van der Waals surface area contributed by atoms with Gasteiger partial charge in [0.05, 0.1) is 5.60 Å². The van der Waals surface area contributed by atoms with Gasteiger partial charge in [-0.3, -0.25) is 0 Å². The van der Waals surface area contributed by atoms with Crippen LogP contribution in [0.1, 0.15) is 44.7 Å². The summed E-state index contributed by atoms with van der Waals surface area (Å²) in [6.07, 6.45) is 3.12. The molecule has 1 saturated heterocycles. The van der Waals surface area contributed by atoms with Crippen molar-refractivity contribution in [3.63, 3.8) is 0 Å². The van der Waals surface area contributed by atoms with Crippen LogP contribution >= 0.6 is 11.8 Å². The highest BCUT2D eigenvalue weighted by Gasteiger charge is 2.31. The van der Waals surface area contributed by atoms with Crippen molar-refractivity contribution in [1.82, 2.24) is 5.32 Å². The quantitative estimate of drug-likeness (QED) is 0.894. The van der Waals surface area contributed by atoms with Gasteiger partial charge in [-0.15, -0.1) is 11.8 Å². The van der Waals surface area contributed by atoms with Crippen molar-refractivity contribution in [3.05, 3.63) is 29.6 Å². The van der Waals surface area contributed by atoms with Gasteiger partial charge < -0.3 is 10.1 Å². The number of hydrogen-bond donors (Lipinski definition) is 1. The molecule has 2 atom stereocenters. The summed E-state index contributed by atoms with van der Waals surface area (Å²) in [6.45, 7) is 5.10. The standard InChI is InChI=1S/C16H22FNOS/c1-16(2)10-12(5-7-19-16)18-14-6-8-20-15-4-3-11(17)9-13(14)15/h3-4,9,12,14,18H,5-8,10H2,1-2H3. The number of ether oxygens (including phenoxy) is 1. The van der Waals surface area contributed by atoms with Crippen molar-refractivity contribution < 1.29 is 9.13 Å². The zero-order valence-corrected chi connectivity index (χ0v) is 12.9. The third-order valence-electron chi connectivity index (χ3n) is 4.15. The molecule has 2 aliphatic rings. The molecule has 2 heterocycles. The summed E-state index contributed by atoms with van der Waals surface area (Å²) >= 11 is 1.83. The van der Waals surface area contributed by atoms with Crippen LogP contribution in [-0.4, -0.2) is 24.0 Å². The van der Waals surface area contributed by atoms with E-state index >= 15 is 0 Å². The molecule has 1 aromatic rings. The first-order chi connectivity index (χ1) is 9.53. The Kier molecular flexibility index (Phi) is 4.07. The Morgan fingerprint density at radius 2 is 2.20 bits per heavy atom.